The zero-order chi connectivity index (χ0) is 18.0. The summed E-state index contributed by atoms with van der Waals surface area (Å²) >= 11 is 0. The summed E-state index contributed by atoms with van der Waals surface area (Å²) in [5.74, 6) is 0.961. The first-order chi connectivity index (χ1) is 11.8. The van der Waals surface area contributed by atoms with Gasteiger partial charge in [-0.3, -0.25) is 9.69 Å². The summed E-state index contributed by atoms with van der Waals surface area (Å²) in [5, 5.41) is 9.08. The van der Waals surface area contributed by atoms with Gasteiger partial charge < -0.3 is 9.52 Å². The van der Waals surface area contributed by atoms with Gasteiger partial charge in [-0.15, -0.1) is 0 Å². The highest BCUT2D eigenvalue weighted by atomic mass is 16.4. The molecule has 0 bridgehead atoms. The van der Waals surface area contributed by atoms with Gasteiger partial charge in [0.05, 0.1) is 12.5 Å². The van der Waals surface area contributed by atoms with Gasteiger partial charge in [0.15, 0.2) is 0 Å². The Hall–Kier alpha value is -2.07. The van der Waals surface area contributed by atoms with Gasteiger partial charge >= 0.3 is 5.97 Å². The lowest BCUT2D eigenvalue weighted by molar-refractivity contribution is -0.143. The molecule has 4 nitrogen and oxygen atoms in total. The summed E-state index contributed by atoms with van der Waals surface area (Å²) in [5.41, 5.74) is 2.54. The van der Waals surface area contributed by atoms with Crippen molar-refractivity contribution in [2.45, 2.75) is 45.6 Å². The van der Waals surface area contributed by atoms with Crippen LogP contribution in [0.5, 0.6) is 0 Å². The van der Waals surface area contributed by atoms with Gasteiger partial charge in [-0.05, 0) is 49.0 Å². The SMILES string of the molecule is CC(C)(C)c1ccc(-c2ccc(CN3CCC(C(=O)O)CC3)o2)cc1. The average molecular weight is 341 g/mol. The Morgan fingerprint density at radius 1 is 1.12 bits per heavy atom. The van der Waals surface area contributed by atoms with Gasteiger partial charge in [0, 0.05) is 5.56 Å². The number of nitrogens with zero attached hydrogens (tertiary/aromatic N) is 1. The molecule has 2 aromatic rings. The summed E-state index contributed by atoms with van der Waals surface area (Å²) in [4.78, 5) is 13.3. The Morgan fingerprint density at radius 3 is 2.32 bits per heavy atom. The molecule has 1 aromatic heterocycles. The van der Waals surface area contributed by atoms with Gasteiger partial charge in [0.2, 0.25) is 0 Å². The molecular formula is C21H27NO3. The molecule has 25 heavy (non-hydrogen) atoms. The normalized spacial score (nSPS) is 16.9. The van der Waals surface area contributed by atoms with Crippen LogP contribution in [0.3, 0.4) is 0 Å². The Balaban J connectivity index is 1.62. The molecule has 0 amide bonds. The number of hydrogen-bond donors (Lipinski definition) is 1. The summed E-state index contributed by atoms with van der Waals surface area (Å²) in [7, 11) is 0. The third-order valence-electron chi connectivity index (χ3n) is 5.01. The highest BCUT2D eigenvalue weighted by molar-refractivity contribution is 5.70. The molecule has 0 radical (unpaired) electrons. The number of likely N-dealkylation sites (tertiary alicyclic amines) is 1. The standard InChI is InChI=1S/C21H27NO3/c1-21(2,3)17-6-4-15(5-7-17)19-9-8-18(25-19)14-22-12-10-16(11-13-22)20(23)24/h4-9,16H,10-14H2,1-3H3,(H,23,24). The van der Waals surface area contributed by atoms with Crippen molar-refractivity contribution < 1.29 is 14.3 Å². The second kappa shape index (κ2) is 7.04. The van der Waals surface area contributed by atoms with Crippen LogP contribution in [0.2, 0.25) is 0 Å². The van der Waals surface area contributed by atoms with Gasteiger partial charge in [-0.25, -0.2) is 0 Å². The third kappa shape index (κ3) is 4.31. The van der Waals surface area contributed by atoms with E-state index in [1.165, 1.54) is 5.56 Å². The van der Waals surface area contributed by atoms with Crippen LogP contribution in [-0.2, 0) is 16.8 Å². The van der Waals surface area contributed by atoms with Crippen molar-refractivity contribution >= 4 is 5.97 Å². The van der Waals surface area contributed by atoms with E-state index in [9.17, 15) is 4.79 Å². The van der Waals surface area contributed by atoms with Crippen LogP contribution in [0, 0.1) is 5.92 Å². The first-order valence-corrected chi connectivity index (χ1v) is 8.98. The smallest absolute Gasteiger partial charge is 0.306 e. The molecule has 4 heteroatoms. The molecule has 2 heterocycles. The predicted octanol–water partition coefficient (Wildman–Crippen LogP) is 4.54. The largest absolute Gasteiger partial charge is 0.481 e. The number of furan rings is 1. The predicted molar refractivity (Wildman–Crippen MR) is 98.5 cm³/mol. The lowest BCUT2D eigenvalue weighted by Crippen LogP contribution is -2.35. The number of rotatable bonds is 4. The monoisotopic (exact) mass is 341 g/mol. The maximum Gasteiger partial charge on any atom is 0.306 e. The summed E-state index contributed by atoms with van der Waals surface area (Å²) in [6, 6.07) is 12.6. The van der Waals surface area contributed by atoms with Crippen molar-refractivity contribution in [2.75, 3.05) is 13.1 Å². The highest BCUT2D eigenvalue weighted by Gasteiger charge is 2.24. The summed E-state index contributed by atoms with van der Waals surface area (Å²) < 4.78 is 6.01. The molecule has 1 aliphatic heterocycles. The average Bonchev–Trinajstić information content (AvgIpc) is 3.03. The Bertz CT molecular complexity index is 716. The van der Waals surface area contributed by atoms with Crippen LogP contribution < -0.4 is 0 Å². The molecule has 0 aliphatic carbocycles. The van der Waals surface area contributed by atoms with Crippen LogP contribution in [0.4, 0.5) is 0 Å². The summed E-state index contributed by atoms with van der Waals surface area (Å²) in [6.07, 6.45) is 1.44. The molecule has 3 rings (SSSR count). The van der Waals surface area contributed by atoms with Crippen molar-refractivity contribution in [3.8, 4) is 11.3 Å². The van der Waals surface area contributed by atoms with E-state index in [4.69, 9.17) is 9.52 Å². The molecule has 1 N–H and O–H groups in total. The van der Waals surface area contributed by atoms with E-state index in [1.807, 2.05) is 12.1 Å². The zero-order valence-corrected chi connectivity index (χ0v) is 15.3. The molecule has 1 aliphatic rings. The third-order valence-corrected chi connectivity index (χ3v) is 5.01. The number of aliphatic carboxylic acids is 1. The highest BCUT2D eigenvalue weighted by Crippen LogP contribution is 2.28. The van der Waals surface area contributed by atoms with Crippen LogP contribution in [0.25, 0.3) is 11.3 Å². The van der Waals surface area contributed by atoms with Crippen molar-refractivity contribution in [1.29, 1.82) is 0 Å². The summed E-state index contributed by atoms with van der Waals surface area (Å²) in [6.45, 7) is 8.99. The van der Waals surface area contributed by atoms with Crippen LogP contribution in [-0.4, -0.2) is 29.1 Å². The Labute approximate surface area is 149 Å². The first kappa shape index (κ1) is 17.7. The van der Waals surface area contributed by atoms with E-state index in [0.29, 0.717) is 0 Å². The van der Waals surface area contributed by atoms with Gasteiger partial charge in [0.1, 0.15) is 11.5 Å². The zero-order valence-electron chi connectivity index (χ0n) is 15.3. The molecule has 0 atom stereocenters. The minimum absolute atomic E-state index is 0.148. The fourth-order valence-corrected chi connectivity index (χ4v) is 3.31. The quantitative estimate of drug-likeness (QED) is 0.887. The maximum absolute atomic E-state index is 11.0. The first-order valence-electron chi connectivity index (χ1n) is 8.98. The number of benzene rings is 1. The number of hydrogen-bond acceptors (Lipinski definition) is 3. The van der Waals surface area contributed by atoms with Crippen LogP contribution in [0.1, 0.15) is 44.9 Å². The topological polar surface area (TPSA) is 53.7 Å². The maximum atomic E-state index is 11.0. The van der Waals surface area contributed by atoms with Gasteiger partial charge in [-0.2, -0.15) is 0 Å². The Kier molecular flexibility index (Phi) is 5.00. The molecule has 1 fully saturated rings. The number of carboxylic acids is 1. The van der Waals surface area contributed by atoms with E-state index in [-0.39, 0.29) is 11.3 Å². The molecular weight excluding hydrogens is 314 g/mol. The second-order valence-corrected chi connectivity index (χ2v) is 7.98. The van der Waals surface area contributed by atoms with Crippen molar-refractivity contribution in [1.82, 2.24) is 4.90 Å². The fourth-order valence-electron chi connectivity index (χ4n) is 3.31. The molecule has 0 unspecified atom stereocenters. The molecule has 134 valence electrons. The van der Waals surface area contributed by atoms with Crippen molar-refractivity contribution in [3.63, 3.8) is 0 Å². The van der Waals surface area contributed by atoms with Crippen LogP contribution >= 0.6 is 0 Å². The van der Waals surface area contributed by atoms with Crippen molar-refractivity contribution in [3.05, 3.63) is 47.7 Å². The Morgan fingerprint density at radius 2 is 1.76 bits per heavy atom. The van der Waals surface area contributed by atoms with Gasteiger partial charge in [-0.1, -0.05) is 45.0 Å². The molecule has 1 aromatic carbocycles. The van der Waals surface area contributed by atoms with E-state index in [1.54, 1.807) is 0 Å². The molecule has 0 saturated carbocycles. The number of carbonyl (C=O) groups is 1. The van der Waals surface area contributed by atoms with E-state index < -0.39 is 5.97 Å². The fraction of sp³-hybridized carbons (Fsp3) is 0.476. The number of piperidine rings is 1. The van der Waals surface area contributed by atoms with Gasteiger partial charge in [0.25, 0.3) is 0 Å². The van der Waals surface area contributed by atoms with Crippen molar-refractivity contribution in [2.24, 2.45) is 5.92 Å². The minimum Gasteiger partial charge on any atom is -0.481 e. The number of carboxylic acid groups (broad SMARTS) is 1. The lowest BCUT2D eigenvalue weighted by Gasteiger charge is -2.29. The molecule has 1 saturated heterocycles. The minimum atomic E-state index is -0.668. The van der Waals surface area contributed by atoms with E-state index in [2.05, 4.69) is 49.9 Å². The second-order valence-electron chi connectivity index (χ2n) is 7.98. The van der Waals surface area contributed by atoms with Crippen LogP contribution in [0.15, 0.2) is 40.8 Å². The van der Waals surface area contributed by atoms with E-state index >= 15 is 0 Å². The molecule has 0 spiro atoms. The lowest BCUT2D eigenvalue weighted by atomic mass is 9.86. The van der Waals surface area contributed by atoms with E-state index in [0.717, 1.165) is 49.6 Å².